The number of benzene rings is 1. The zero-order valence-electron chi connectivity index (χ0n) is 10.4. The number of nitriles is 1. The van der Waals surface area contributed by atoms with Gasteiger partial charge in [-0.1, -0.05) is 0 Å². The maximum absolute atomic E-state index is 11.1. The third-order valence-electron chi connectivity index (χ3n) is 2.59. The highest BCUT2D eigenvalue weighted by atomic mass is 16.5. The van der Waals surface area contributed by atoms with Gasteiger partial charge in [0.2, 0.25) is 0 Å². The summed E-state index contributed by atoms with van der Waals surface area (Å²) in [4.78, 5) is 11.1. The van der Waals surface area contributed by atoms with Crippen molar-refractivity contribution in [3.8, 4) is 28.8 Å². The summed E-state index contributed by atoms with van der Waals surface area (Å²) in [5.41, 5.74) is 0.838. The van der Waals surface area contributed by atoms with Gasteiger partial charge in [0, 0.05) is 11.6 Å². The van der Waals surface area contributed by atoms with Gasteiger partial charge < -0.3 is 9.47 Å². The molecule has 1 aromatic heterocycles. The molecule has 0 radical (unpaired) electrons. The van der Waals surface area contributed by atoms with Gasteiger partial charge in [-0.15, -0.1) is 0 Å². The van der Waals surface area contributed by atoms with Crippen molar-refractivity contribution < 1.29 is 9.47 Å². The maximum Gasteiger partial charge on any atom is 0.265 e. The Morgan fingerprint density at radius 1 is 1.21 bits per heavy atom. The van der Waals surface area contributed by atoms with Crippen LogP contribution in [0.1, 0.15) is 5.56 Å². The minimum absolute atomic E-state index is 0.205. The van der Waals surface area contributed by atoms with Crippen LogP contribution in [-0.4, -0.2) is 24.4 Å². The van der Waals surface area contributed by atoms with E-state index < -0.39 is 5.56 Å². The lowest BCUT2D eigenvalue weighted by atomic mass is 10.1. The highest BCUT2D eigenvalue weighted by Gasteiger charge is 2.11. The van der Waals surface area contributed by atoms with Crippen LogP contribution < -0.4 is 15.0 Å². The van der Waals surface area contributed by atoms with Gasteiger partial charge in [-0.05, 0) is 18.2 Å². The fourth-order valence-electron chi connectivity index (χ4n) is 1.69. The number of aromatic nitrogens is 2. The minimum Gasteiger partial charge on any atom is -0.493 e. The van der Waals surface area contributed by atoms with E-state index in [4.69, 9.17) is 14.7 Å². The van der Waals surface area contributed by atoms with Crippen molar-refractivity contribution in [1.82, 2.24) is 10.2 Å². The highest BCUT2D eigenvalue weighted by Crippen LogP contribution is 2.32. The predicted molar refractivity (Wildman–Crippen MR) is 68.1 cm³/mol. The quantitative estimate of drug-likeness (QED) is 0.896. The zero-order chi connectivity index (χ0) is 13.8. The molecule has 2 aromatic rings. The molecule has 0 fully saturated rings. The van der Waals surface area contributed by atoms with E-state index in [9.17, 15) is 4.79 Å². The van der Waals surface area contributed by atoms with Crippen LogP contribution >= 0.6 is 0 Å². The van der Waals surface area contributed by atoms with Crippen LogP contribution in [0, 0.1) is 11.3 Å². The summed E-state index contributed by atoms with van der Waals surface area (Å²) in [5.74, 6) is 1.10. The lowest BCUT2D eigenvalue weighted by molar-refractivity contribution is 0.355. The number of hydrogen-bond donors (Lipinski definition) is 1. The molecule has 2 rings (SSSR count). The Balaban J connectivity index is 2.60. The lowest BCUT2D eigenvalue weighted by Crippen LogP contribution is -2.08. The van der Waals surface area contributed by atoms with Crippen molar-refractivity contribution >= 4 is 0 Å². The Morgan fingerprint density at radius 2 is 1.95 bits per heavy atom. The van der Waals surface area contributed by atoms with Gasteiger partial charge in [0.15, 0.2) is 11.5 Å². The molecule has 0 bridgehead atoms. The minimum atomic E-state index is -0.416. The molecule has 0 aliphatic carbocycles. The van der Waals surface area contributed by atoms with Crippen molar-refractivity contribution in [2.45, 2.75) is 0 Å². The number of aromatic amines is 1. The summed E-state index contributed by atoms with van der Waals surface area (Å²) < 4.78 is 10.3. The van der Waals surface area contributed by atoms with Crippen LogP contribution in [0.25, 0.3) is 11.3 Å². The Morgan fingerprint density at radius 3 is 2.58 bits per heavy atom. The summed E-state index contributed by atoms with van der Waals surface area (Å²) in [6.45, 7) is 0. The van der Waals surface area contributed by atoms with Crippen LogP contribution in [0.3, 0.4) is 0 Å². The van der Waals surface area contributed by atoms with E-state index in [1.165, 1.54) is 20.3 Å². The van der Waals surface area contributed by atoms with E-state index in [1.807, 2.05) is 6.07 Å². The molecule has 0 spiro atoms. The van der Waals surface area contributed by atoms with E-state index in [2.05, 4.69) is 10.2 Å². The Hall–Kier alpha value is -2.81. The summed E-state index contributed by atoms with van der Waals surface area (Å²) in [6, 6.07) is 8.30. The summed E-state index contributed by atoms with van der Waals surface area (Å²) >= 11 is 0. The first kappa shape index (κ1) is 12.6. The molecule has 0 aliphatic heterocycles. The van der Waals surface area contributed by atoms with Gasteiger partial charge in [0.05, 0.1) is 19.8 Å². The number of nitrogens with one attached hydrogen (secondary N) is 1. The molecule has 0 saturated carbocycles. The number of H-pyrrole nitrogens is 1. The first-order chi connectivity index (χ1) is 9.19. The van der Waals surface area contributed by atoms with Crippen molar-refractivity contribution in [3.63, 3.8) is 0 Å². The first-order valence-corrected chi connectivity index (χ1v) is 5.42. The second-order valence-electron chi connectivity index (χ2n) is 3.68. The molecule has 1 N–H and O–H groups in total. The lowest BCUT2D eigenvalue weighted by Gasteiger charge is -2.09. The van der Waals surface area contributed by atoms with Gasteiger partial charge in [-0.3, -0.25) is 4.79 Å². The molecule has 0 amide bonds. The second kappa shape index (κ2) is 5.23. The summed E-state index contributed by atoms with van der Waals surface area (Å²) in [7, 11) is 3.06. The molecule has 96 valence electrons. The Labute approximate surface area is 109 Å². The smallest absolute Gasteiger partial charge is 0.265 e. The number of hydrogen-bond acceptors (Lipinski definition) is 5. The number of rotatable bonds is 3. The zero-order valence-corrected chi connectivity index (χ0v) is 10.4. The molecule has 0 atom stereocenters. The van der Waals surface area contributed by atoms with E-state index >= 15 is 0 Å². The Bertz CT molecular complexity index is 701. The average molecular weight is 257 g/mol. The summed E-state index contributed by atoms with van der Waals surface area (Å²) in [6.07, 6.45) is 0. The highest BCUT2D eigenvalue weighted by molar-refractivity contribution is 5.68. The van der Waals surface area contributed by atoms with Gasteiger partial charge in [0.25, 0.3) is 5.56 Å². The maximum atomic E-state index is 11.1. The van der Waals surface area contributed by atoms with Crippen LogP contribution in [0.4, 0.5) is 0 Å². The van der Waals surface area contributed by atoms with Gasteiger partial charge in [-0.25, -0.2) is 5.10 Å². The first-order valence-electron chi connectivity index (χ1n) is 5.42. The van der Waals surface area contributed by atoms with E-state index in [0.29, 0.717) is 22.8 Å². The molecule has 1 aromatic carbocycles. The molecule has 0 aliphatic rings. The molecule has 6 nitrogen and oxygen atoms in total. The number of ether oxygens (including phenoxy) is 2. The normalized spacial score (nSPS) is 9.74. The fraction of sp³-hybridized carbons (Fsp3) is 0.154. The molecular weight excluding hydrogens is 246 g/mol. The largest absolute Gasteiger partial charge is 0.493 e. The molecule has 19 heavy (non-hydrogen) atoms. The van der Waals surface area contributed by atoms with Crippen LogP contribution in [0.15, 0.2) is 29.1 Å². The van der Waals surface area contributed by atoms with Crippen molar-refractivity contribution in [2.24, 2.45) is 0 Å². The third-order valence-corrected chi connectivity index (χ3v) is 2.59. The number of nitrogens with zero attached hydrogens (tertiary/aromatic N) is 2. The molecule has 1 heterocycles. The second-order valence-corrected chi connectivity index (χ2v) is 3.68. The molecule has 0 unspecified atom stereocenters. The van der Waals surface area contributed by atoms with Crippen LogP contribution in [0.2, 0.25) is 0 Å². The van der Waals surface area contributed by atoms with Crippen LogP contribution in [-0.2, 0) is 0 Å². The SMILES string of the molecule is COc1ccc(-c2n[nH]c(=O)cc2C#N)cc1OC. The van der Waals surface area contributed by atoms with Crippen molar-refractivity contribution in [2.75, 3.05) is 14.2 Å². The topological polar surface area (TPSA) is 88.0 Å². The molecule has 6 heteroatoms. The van der Waals surface area contributed by atoms with Gasteiger partial charge >= 0.3 is 0 Å². The summed E-state index contributed by atoms with van der Waals surface area (Å²) in [5, 5.41) is 15.2. The van der Waals surface area contributed by atoms with Gasteiger partial charge in [-0.2, -0.15) is 10.4 Å². The van der Waals surface area contributed by atoms with Gasteiger partial charge in [0.1, 0.15) is 11.8 Å². The molecule has 0 saturated heterocycles. The van der Waals surface area contributed by atoms with E-state index in [0.717, 1.165) is 0 Å². The standard InChI is InChI=1S/C13H11N3O3/c1-18-10-4-3-8(5-11(10)19-2)13-9(7-14)6-12(17)15-16-13/h3-6H,1-2H3,(H,15,17). The predicted octanol–water partition coefficient (Wildman–Crippen LogP) is 1.33. The Kier molecular flexibility index (Phi) is 3.48. The van der Waals surface area contributed by atoms with Crippen molar-refractivity contribution in [1.29, 1.82) is 5.26 Å². The van der Waals surface area contributed by atoms with E-state index in [-0.39, 0.29) is 5.56 Å². The van der Waals surface area contributed by atoms with Crippen molar-refractivity contribution in [3.05, 3.63) is 40.2 Å². The monoisotopic (exact) mass is 257 g/mol. The number of methoxy groups -OCH3 is 2. The van der Waals surface area contributed by atoms with Crippen LogP contribution in [0.5, 0.6) is 11.5 Å². The fourth-order valence-corrected chi connectivity index (χ4v) is 1.69. The third kappa shape index (κ3) is 2.40. The van der Waals surface area contributed by atoms with E-state index in [1.54, 1.807) is 18.2 Å². The average Bonchev–Trinajstić information content (AvgIpc) is 2.46. The molecular formula is C13H11N3O3.